The molecule has 0 unspecified atom stereocenters. The van der Waals surface area contributed by atoms with E-state index >= 15 is 0 Å². The Morgan fingerprint density at radius 3 is 2.38 bits per heavy atom. The Balaban J connectivity index is 1.97. The van der Waals surface area contributed by atoms with Crippen molar-refractivity contribution in [2.24, 2.45) is 0 Å². The monoisotopic (exact) mass is 325 g/mol. The number of nitrogens with zero attached hydrogens (tertiary/aromatic N) is 1. The minimum absolute atomic E-state index is 1.08. The predicted octanol–water partition coefficient (Wildman–Crippen LogP) is 6.58. The summed E-state index contributed by atoms with van der Waals surface area (Å²) in [5.41, 5.74) is 2.30. The second kappa shape index (κ2) is 5.15. The first-order valence-corrected chi connectivity index (χ1v) is 8.89. The molecule has 3 aromatic carbocycles. The van der Waals surface area contributed by atoms with Crippen molar-refractivity contribution in [2.45, 2.75) is 6.92 Å². The van der Waals surface area contributed by atoms with E-state index in [4.69, 9.17) is 4.98 Å². The Morgan fingerprint density at radius 2 is 1.50 bits per heavy atom. The van der Waals surface area contributed by atoms with Gasteiger partial charge in [0.05, 0.1) is 5.69 Å². The van der Waals surface area contributed by atoms with Gasteiger partial charge in [-0.25, -0.2) is 0 Å². The molecule has 0 aliphatic rings. The molecule has 5 rings (SSSR count). The Morgan fingerprint density at radius 1 is 0.750 bits per heavy atom. The molecule has 0 amide bonds. The summed E-state index contributed by atoms with van der Waals surface area (Å²) >= 11 is 1.83. The molecule has 5 aromatic rings. The maximum Gasteiger partial charge on any atom is 0.0795 e. The van der Waals surface area contributed by atoms with Crippen molar-refractivity contribution in [3.63, 3.8) is 0 Å². The fourth-order valence-corrected chi connectivity index (χ4v) is 4.47. The number of pyridine rings is 1. The number of thiophene rings is 1. The van der Waals surface area contributed by atoms with Gasteiger partial charge in [-0.1, -0.05) is 48.5 Å². The minimum atomic E-state index is 1.08. The van der Waals surface area contributed by atoms with Crippen LogP contribution in [0.1, 0.15) is 4.88 Å². The maximum absolute atomic E-state index is 4.75. The van der Waals surface area contributed by atoms with Crippen LogP contribution in [-0.2, 0) is 0 Å². The van der Waals surface area contributed by atoms with E-state index in [1.54, 1.807) is 0 Å². The van der Waals surface area contributed by atoms with Gasteiger partial charge in [-0.3, -0.25) is 4.98 Å². The van der Waals surface area contributed by atoms with Crippen LogP contribution in [0.4, 0.5) is 0 Å². The fraction of sp³-hybridized carbons (Fsp3) is 0.0455. The average molecular weight is 325 g/mol. The number of rotatable bonds is 1. The zero-order chi connectivity index (χ0) is 16.1. The summed E-state index contributed by atoms with van der Waals surface area (Å²) in [5.74, 6) is 0. The lowest BCUT2D eigenvalue weighted by Crippen LogP contribution is -1.87. The van der Waals surface area contributed by atoms with Gasteiger partial charge in [-0.15, -0.1) is 11.3 Å². The molecule has 1 nitrogen and oxygen atoms in total. The van der Waals surface area contributed by atoms with E-state index in [1.807, 2.05) is 17.5 Å². The molecule has 0 bridgehead atoms. The molecule has 2 aromatic heterocycles. The standard InChI is InChI=1S/C22H15NS/c1-14-12-20-21(24-14)10-11-23-22(20)19-13-15-6-2-3-7-16(15)17-8-4-5-9-18(17)19/h2-13H,1H3. The molecule has 2 heteroatoms. The molecule has 2 heterocycles. The van der Waals surface area contributed by atoms with Crippen LogP contribution in [-0.4, -0.2) is 4.98 Å². The van der Waals surface area contributed by atoms with Crippen LogP contribution in [0.15, 0.2) is 72.9 Å². The van der Waals surface area contributed by atoms with E-state index in [-0.39, 0.29) is 0 Å². The van der Waals surface area contributed by atoms with Crippen LogP contribution >= 0.6 is 11.3 Å². The number of hydrogen-bond donors (Lipinski definition) is 0. The summed E-state index contributed by atoms with van der Waals surface area (Å²) < 4.78 is 1.30. The van der Waals surface area contributed by atoms with E-state index < -0.39 is 0 Å². The molecule has 0 fully saturated rings. The fourth-order valence-electron chi connectivity index (χ4n) is 3.55. The first kappa shape index (κ1) is 13.7. The predicted molar refractivity (Wildman–Crippen MR) is 105 cm³/mol. The molecule has 0 saturated heterocycles. The number of hydrogen-bond acceptors (Lipinski definition) is 2. The molecule has 0 saturated carbocycles. The Kier molecular flexibility index (Phi) is 2.94. The van der Waals surface area contributed by atoms with E-state index in [9.17, 15) is 0 Å². The van der Waals surface area contributed by atoms with Gasteiger partial charge in [0.15, 0.2) is 0 Å². The summed E-state index contributed by atoms with van der Waals surface area (Å²) in [6, 6.07) is 23.9. The van der Waals surface area contributed by atoms with Crippen molar-refractivity contribution in [2.75, 3.05) is 0 Å². The molecule has 0 radical (unpaired) electrons. The Labute approximate surface area is 144 Å². The average Bonchev–Trinajstić information content (AvgIpc) is 3.01. The Hall–Kier alpha value is -2.71. The summed E-state index contributed by atoms with van der Waals surface area (Å²) in [5, 5.41) is 6.36. The van der Waals surface area contributed by atoms with Crippen molar-refractivity contribution in [3.8, 4) is 11.3 Å². The topological polar surface area (TPSA) is 12.9 Å². The van der Waals surface area contributed by atoms with Gasteiger partial charge in [-0.05, 0) is 46.7 Å². The normalized spacial score (nSPS) is 11.5. The molecule has 0 spiro atoms. The third-order valence-corrected chi connectivity index (χ3v) is 5.61. The van der Waals surface area contributed by atoms with Crippen LogP contribution in [0.5, 0.6) is 0 Å². The third-order valence-electron chi connectivity index (χ3n) is 4.59. The highest BCUT2D eigenvalue weighted by atomic mass is 32.1. The largest absolute Gasteiger partial charge is 0.256 e. The molecule has 24 heavy (non-hydrogen) atoms. The van der Waals surface area contributed by atoms with Gasteiger partial charge in [0, 0.05) is 26.7 Å². The minimum Gasteiger partial charge on any atom is -0.256 e. The molecule has 114 valence electrons. The Bertz CT molecular complexity index is 1220. The molecule has 0 N–H and O–H groups in total. The van der Waals surface area contributed by atoms with Gasteiger partial charge in [0.25, 0.3) is 0 Å². The van der Waals surface area contributed by atoms with Crippen LogP contribution in [0.25, 0.3) is 42.9 Å². The third kappa shape index (κ3) is 1.97. The molecular formula is C22H15NS. The van der Waals surface area contributed by atoms with E-state index in [0.717, 1.165) is 5.69 Å². The van der Waals surface area contributed by atoms with Crippen LogP contribution in [0.3, 0.4) is 0 Å². The summed E-state index contributed by atoms with van der Waals surface area (Å²) in [7, 11) is 0. The second-order valence-electron chi connectivity index (χ2n) is 6.12. The van der Waals surface area contributed by atoms with Gasteiger partial charge < -0.3 is 0 Å². The zero-order valence-corrected chi connectivity index (χ0v) is 14.1. The lowest BCUT2D eigenvalue weighted by atomic mass is 9.94. The van der Waals surface area contributed by atoms with Gasteiger partial charge in [-0.2, -0.15) is 0 Å². The quantitative estimate of drug-likeness (QED) is 0.317. The highest BCUT2D eigenvalue weighted by molar-refractivity contribution is 7.19. The first-order chi connectivity index (χ1) is 11.8. The van der Waals surface area contributed by atoms with Gasteiger partial charge in [0.1, 0.15) is 0 Å². The van der Waals surface area contributed by atoms with E-state index in [0.29, 0.717) is 0 Å². The van der Waals surface area contributed by atoms with Crippen molar-refractivity contribution >= 4 is 43.0 Å². The van der Waals surface area contributed by atoms with Crippen molar-refractivity contribution in [1.82, 2.24) is 4.98 Å². The SMILES string of the molecule is Cc1cc2c(-c3cc4ccccc4c4ccccc34)nccc2s1. The number of aryl methyl sites for hydroxylation is 1. The lowest BCUT2D eigenvalue weighted by molar-refractivity contribution is 1.37. The van der Waals surface area contributed by atoms with Crippen LogP contribution in [0, 0.1) is 6.92 Å². The molecule has 0 aliphatic heterocycles. The summed E-state index contributed by atoms with van der Waals surface area (Å²) in [6.07, 6.45) is 1.93. The van der Waals surface area contributed by atoms with E-state index in [1.165, 1.54) is 42.1 Å². The lowest BCUT2D eigenvalue weighted by Gasteiger charge is -2.11. The molecule has 0 aliphatic carbocycles. The smallest absolute Gasteiger partial charge is 0.0795 e. The van der Waals surface area contributed by atoms with Crippen molar-refractivity contribution in [3.05, 3.63) is 77.8 Å². The number of benzene rings is 3. The molecular weight excluding hydrogens is 310 g/mol. The zero-order valence-electron chi connectivity index (χ0n) is 13.3. The summed E-state index contributed by atoms with van der Waals surface area (Å²) in [4.78, 5) is 6.08. The maximum atomic E-state index is 4.75. The summed E-state index contributed by atoms with van der Waals surface area (Å²) in [6.45, 7) is 2.16. The highest BCUT2D eigenvalue weighted by Crippen LogP contribution is 2.38. The molecule has 0 atom stereocenters. The van der Waals surface area contributed by atoms with Crippen LogP contribution < -0.4 is 0 Å². The van der Waals surface area contributed by atoms with Crippen molar-refractivity contribution < 1.29 is 0 Å². The number of fused-ring (bicyclic) bond motifs is 4. The number of aromatic nitrogens is 1. The highest BCUT2D eigenvalue weighted by Gasteiger charge is 2.13. The van der Waals surface area contributed by atoms with Gasteiger partial charge >= 0.3 is 0 Å². The van der Waals surface area contributed by atoms with Crippen molar-refractivity contribution in [1.29, 1.82) is 0 Å². The second-order valence-corrected chi connectivity index (χ2v) is 7.41. The van der Waals surface area contributed by atoms with E-state index in [2.05, 4.69) is 73.7 Å². The van der Waals surface area contributed by atoms with Gasteiger partial charge in [0.2, 0.25) is 0 Å². The van der Waals surface area contributed by atoms with Crippen LogP contribution in [0.2, 0.25) is 0 Å². The first-order valence-electron chi connectivity index (χ1n) is 8.07.